The van der Waals surface area contributed by atoms with Gasteiger partial charge < -0.3 is 10.6 Å². The number of carbonyl (C=O) groups excluding carboxylic acids is 1. The fraction of sp³-hybridized carbons (Fsp3) is 0.133. The van der Waals surface area contributed by atoms with Gasteiger partial charge >= 0.3 is 0 Å². The third-order valence-electron chi connectivity index (χ3n) is 2.72. The zero-order valence-corrected chi connectivity index (χ0v) is 10.9. The predicted molar refractivity (Wildman–Crippen MR) is 74.4 cm³/mol. The summed E-state index contributed by atoms with van der Waals surface area (Å²) in [4.78, 5) is 10.9. The molecule has 0 fully saturated rings. The highest BCUT2D eigenvalue weighted by atomic mass is 19.2. The molecule has 0 aromatic heterocycles. The lowest BCUT2D eigenvalue weighted by Gasteiger charge is -2.09. The molecule has 20 heavy (non-hydrogen) atoms. The Hall–Kier alpha value is -2.43. The monoisotopic (exact) mass is 276 g/mol. The average molecular weight is 276 g/mol. The van der Waals surface area contributed by atoms with Gasteiger partial charge in [-0.2, -0.15) is 0 Å². The van der Waals surface area contributed by atoms with Gasteiger partial charge in [0.05, 0.1) is 0 Å². The largest absolute Gasteiger partial charge is 0.381 e. The van der Waals surface area contributed by atoms with Gasteiger partial charge in [-0.05, 0) is 30.3 Å². The summed E-state index contributed by atoms with van der Waals surface area (Å²) in [5.74, 6) is -1.84. The van der Waals surface area contributed by atoms with Crippen LogP contribution in [0.5, 0.6) is 0 Å². The molecule has 2 aromatic carbocycles. The van der Waals surface area contributed by atoms with E-state index in [1.165, 1.54) is 19.1 Å². The van der Waals surface area contributed by atoms with Gasteiger partial charge in [0.2, 0.25) is 5.91 Å². The van der Waals surface area contributed by atoms with E-state index in [2.05, 4.69) is 10.6 Å². The summed E-state index contributed by atoms with van der Waals surface area (Å²) in [5.41, 5.74) is 1.69. The fourth-order valence-corrected chi connectivity index (χ4v) is 1.76. The third-order valence-corrected chi connectivity index (χ3v) is 2.72. The molecule has 0 bridgehead atoms. The number of halogens is 2. The van der Waals surface area contributed by atoms with E-state index in [1.54, 1.807) is 24.3 Å². The van der Waals surface area contributed by atoms with Crippen LogP contribution in [0.3, 0.4) is 0 Å². The highest BCUT2D eigenvalue weighted by molar-refractivity contribution is 5.88. The Morgan fingerprint density at radius 1 is 1.05 bits per heavy atom. The second kappa shape index (κ2) is 6.14. The number of hydrogen-bond acceptors (Lipinski definition) is 2. The molecule has 5 heteroatoms. The Bertz CT molecular complexity index is 612. The van der Waals surface area contributed by atoms with Crippen LogP contribution < -0.4 is 10.6 Å². The lowest BCUT2D eigenvalue weighted by Crippen LogP contribution is -2.06. The Morgan fingerprint density at radius 2 is 1.70 bits per heavy atom. The Kier molecular flexibility index (Phi) is 4.30. The number of benzene rings is 2. The Labute approximate surface area is 115 Å². The molecular weight excluding hydrogens is 262 g/mol. The lowest BCUT2D eigenvalue weighted by molar-refractivity contribution is -0.114. The van der Waals surface area contributed by atoms with Crippen LogP contribution in [-0.2, 0) is 11.3 Å². The van der Waals surface area contributed by atoms with Gasteiger partial charge in [-0.3, -0.25) is 4.79 Å². The van der Waals surface area contributed by atoms with Crippen LogP contribution in [0.15, 0.2) is 42.5 Å². The molecule has 0 radical (unpaired) electrons. The number of hydrogen-bond donors (Lipinski definition) is 2. The predicted octanol–water partition coefficient (Wildman–Crippen LogP) is 3.54. The van der Waals surface area contributed by atoms with Crippen molar-refractivity contribution >= 4 is 17.3 Å². The van der Waals surface area contributed by atoms with Crippen LogP contribution in [0.25, 0.3) is 0 Å². The van der Waals surface area contributed by atoms with Crippen molar-refractivity contribution in [2.24, 2.45) is 0 Å². The topological polar surface area (TPSA) is 41.1 Å². The Morgan fingerprint density at radius 3 is 2.35 bits per heavy atom. The SMILES string of the molecule is CC(=O)Nc1ccc(NCc2cccc(F)c2F)cc1. The van der Waals surface area contributed by atoms with Crippen LogP contribution in [0.2, 0.25) is 0 Å². The highest BCUT2D eigenvalue weighted by Crippen LogP contribution is 2.16. The van der Waals surface area contributed by atoms with Gasteiger partial charge in [0.15, 0.2) is 11.6 Å². The van der Waals surface area contributed by atoms with Crippen molar-refractivity contribution in [1.82, 2.24) is 0 Å². The van der Waals surface area contributed by atoms with Gasteiger partial charge in [0, 0.05) is 30.4 Å². The summed E-state index contributed by atoms with van der Waals surface area (Å²) in [5, 5.41) is 5.64. The summed E-state index contributed by atoms with van der Waals surface area (Å²) >= 11 is 0. The van der Waals surface area contributed by atoms with Crippen molar-refractivity contribution in [1.29, 1.82) is 0 Å². The second-order valence-electron chi connectivity index (χ2n) is 4.33. The molecule has 104 valence electrons. The summed E-state index contributed by atoms with van der Waals surface area (Å²) in [6.07, 6.45) is 0. The quantitative estimate of drug-likeness (QED) is 0.896. The van der Waals surface area contributed by atoms with E-state index < -0.39 is 11.6 Å². The van der Waals surface area contributed by atoms with Crippen molar-refractivity contribution in [2.45, 2.75) is 13.5 Å². The van der Waals surface area contributed by atoms with Crippen molar-refractivity contribution in [2.75, 3.05) is 10.6 Å². The van der Waals surface area contributed by atoms with Crippen LogP contribution in [-0.4, -0.2) is 5.91 Å². The standard InChI is InChI=1S/C15H14F2N2O/c1-10(20)19-13-7-5-12(6-8-13)18-9-11-3-2-4-14(16)15(11)17/h2-8,18H,9H2,1H3,(H,19,20). The smallest absolute Gasteiger partial charge is 0.221 e. The fourth-order valence-electron chi connectivity index (χ4n) is 1.76. The molecule has 2 N–H and O–H groups in total. The maximum atomic E-state index is 13.4. The molecule has 0 unspecified atom stereocenters. The summed E-state index contributed by atoms with van der Waals surface area (Å²) < 4.78 is 26.5. The molecule has 2 rings (SSSR count). The van der Waals surface area contributed by atoms with E-state index in [9.17, 15) is 13.6 Å². The minimum Gasteiger partial charge on any atom is -0.381 e. The molecule has 0 atom stereocenters. The first-order valence-corrected chi connectivity index (χ1v) is 6.10. The van der Waals surface area contributed by atoms with E-state index in [1.807, 2.05) is 0 Å². The van der Waals surface area contributed by atoms with E-state index in [-0.39, 0.29) is 18.0 Å². The number of nitrogens with one attached hydrogen (secondary N) is 2. The minimum atomic E-state index is -0.856. The molecule has 0 aliphatic heterocycles. The number of rotatable bonds is 4. The van der Waals surface area contributed by atoms with Gasteiger partial charge in [-0.15, -0.1) is 0 Å². The van der Waals surface area contributed by atoms with Crippen LogP contribution >= 0.6 is 0 Å². The van der Waals surface area contributed by atoms with E-state index in [0.29, 0.717) is 5.69 Å². The van der Waals surface area contributed by atoms with Gasteiger partial charge in [-0.25, -0.2) is 8.78 Å². The summed E-state index contributed by atoms with van der Waals surface area (Å²) in [7, 11) is 0. The molecule has 0 saturated carbocycles. The first-order valence-electron chi connectivity index (χ1n) is 6.10. The number of anilines is 2. The Balaban J connectivity index is 2.00. The van der Waals surface area contributed by atoms with Crippen molar-refractivity contribution < 1.29 is 13.6 Å². The minimum absolute atomic E-state index is 0.146. The first-order chi connectivity index (χ1) is 9.56. The first kappa shape index (κ1) is 14.0. The molecule has 2 aromatic rings. The maximum Gasteiger partial charge on any atom is 0.221 e. The normalized spacial score (nSPS) is 10.2. The molecular formula is C15H14F2N2O. The number of amides is 1. The third kappa shape index (κ3) is 3.54. The van der Waals surface area contributed by atoms with E-state index in [4.69, 9.17) is 0 Å². The van der Waals surface area contributed by atoms with Crippen LogP contribution in [0.4, 0.5) is 20.2 Å². The van der Waals surface area contributed by atoms with E-state index in [0.717, 1.165) is 11.8 Å². The molecule has 0 aliphatic carbocycles. The number of carbonyl (C=O) groups is 1. The molecule has 1 amide bonds. The highest BCUT2D eigenvalue weighted by Gasteiger charge is 2.06. The molecule has 0 aliphatic rings. The van der Waals surface area contributed by atoms with Crippen molar-refractivity contribution in [3.8, 4) is 0 Å². The van der Waals surface area contributed by atoms with Crippen LogP contribution in [0, 0.1) is 11.6 Å². The van der Waals surface area contributed by atoms with Crippen molar-refractivity contribution in [3.05, 3.63) is 59.7 Å². The summed E-state index contributed by atoms with van der Waals surface area (Å²) in [6.45, 7) is 1.61. The zero-order chi connectivity index (χ0) is 14.5. The van der Waals surface area contributed by atoms with E-state index >= 15 is 0 Å². The molecule has 0 saturated heterocycles. The van der Waals surface area contributed by atoms with Crippen LogP contribution in [0.1, 0.15) is 12.5 Å². The van der Waals surface area contributed by atoms with Gasteiger partial charge in [0.1, 0.15) is 0 Å². The van der Waals surface area contributed by atoms with Crippen molar-refractivity contribution in [3.63, 3.8) is 0 Å². The average Bonchev–Trinajstić information content (AvgIpc) is 2.41. The van der Waals surface area contributed by atoms with Gasteiger partial charge in [0.25, 0.3) is 0 Å². The lowest BCUT2D eigenvalue weighted by atomic mass is 10.2. The molecule has 0 spiro atoms. The molecule has 3 nitrogen and oxygen atoms in total. The maximum absolute atomic E-state index is 13.4. The second-order valence-corrected chi connectivity index (χ2v) is 4.33. The zero-order valence-electron chi connectivity index (χ0n) is 10.9. The summed E-state index contributed by atoms with van der Waals surface area (Å²) in [6, 6.07) is 11.0. The van der Waals surface area contributed by atoms with Gasteiger partial charge in [-0.1, -0.05) is 12.1 Å². The molecule has 0 heterocycles.